The summed E-state index contributed by atoms with van der Waals surface area (Å²) < 4.78 is 7.35. The summed E-state index contributed by atoms with van der Waals surface area (Å²) in [4.78, 5) is 4.85. The highest BCUT2D eigenvalue weighted by Gasteiger charge is 2.15. The molecule has 0 spiro atoms. The number of aromatic nitrogens is 2. The topological polar surface area (TPSA) is 67.4 Å². The van der Waals surface area contributed by atoms with Crippen molar-refractivity contribution < 1.29 is 4.42 Å². The molecule has 6 heteroatoms. The molecule has 26 heavy (non-hydrogen) atoms. The molecule has 1 aliphatic carbocycles. The number of hydrogen-bond donors (Lipinski definition) is 2. The molecule has 6 nitrogen and oxygen atoms in total. The third kappa shape index (κ3) is 4.90. The van der Waals surface area contributed by atoms with E-state index in [2.05, 4.69) is 29.6 Å². The highest BCUT2D eigenvalue weighted by molar-refractivity contribution is 5.80. The Hall–Kier alpha value is -2.24. The van der Waals surface area contributed by atoms with Gasteiger partial charge in [-0.25, -0.2) is 4.99 Å². The van der Waals surface area contributed by atoms with Crippen molar-refractivity contribution in [3.05, 3.63) is 41.1 Å². The summed E-state index contributed by atoms with van der Waals surface area (Å²) in [5.74, 6) is 1.89. The lowest BCUT2D eigenvalue weighted by Gasteiger charge is -2.25. The number of aryl methyl sites for hydroxylation is 2. The smallest absolute Gasteiger partial charge is 0.191 e. The van der Waals surface area contributed by atoms with Gasteiger partial charge in [0.15, 0.2) is 5.96 Å². The maximum absolute atomic E-state index is 5.42. The second-order valence-corrected chi connectivity index (χ2v) is 7.17. The van der Waals surface area contributed by atoms with Crippen molar-refractivity contribution >= 4 is 5.96 Å². The van der Waals surface area contributed by atoms with Crippen LogP contribution in [-0.2, 0) is 20.0 Å². The third-order valence-electron chi connectivity index (χ3n) is 5.24. The fourth-order valence-electron chi connectivity index (χ4n) is 3.56. The third-order valence-corrected chi connectivity index (χ3v) is 5.24. The normalized spacial score (nSPS) is 16.0. The standard InChI is InChI=1S/C20H31N5O/c1-15-19(16(2)25(3)24-15)14-22-20(23-17-8-5-4-6-9-17)21-12-11-18-10-7-13-26-18/h7,10,13,17H,4-6,8-9,11-12,14H2,1-3H3,(H2,21,22,23). The Balaban J connectivity index is 1.63. The molecular formula is C20H31N5O. The van der Waals surface area contributed by atoms with Crippen LogP contribution in [-0.4, -0.2) is 28.3 Å². The lowest BCUT2D eigenvalue weighted by atomic mass is 9.96. The largest absolute Gasteiger partial charge is 0.469 e. The van der Waals surface area contributed by atoms with E-state index < -0.39 is 0 Å². The molecule has 0 atom stereocenters. The average Bonchev–Trinajstić information content (AvgIpc) is 3.23. The lowest BCUT2D eigenvalue weighted by Crippen LogP contribution is -2.44. The summed E-state index contributed by atoms with van der Waals surface area (Å²) in [7, 11) is 1.98. The molecular weight excluding hydrogens is 326 g/mol. The Kier molecular flexibility index (Phi) is 6.36. The Labute approximate surface area is 156 Å². The molecule has 0 amide bonds. The van der Waals surface area contributed by atoms with Crippen LogP contribution in [0.1, 0.15) is 54.8 Å². The molecule has 0 aliphatic heterocycles. The first kappa shape index (κ1) is 18.5. The molecule has 0 unspecified atom stereocenters. The van der Waals surface area contributed by atoms with Gasteiger partial charge in [-0.2, -0.15) is 5.10 Å². The lowest BCUT2D eigenvalue weighted by molar-refractivity contribution is 0.409. The highest BCUT2D eigenvalue weighted by Crippen LogP contribution is 2.17. The van der Waals surface area contributed by atoms with Gasteiger partial charge >= 0.3 is 0 Å². The second kappa shape index (κ2) is 8.92. The van der Waals surface area contributed by atoms with E-state index in [4.69, 9.17) is 9.41 Å². The molecule has 2 heterocycles. The zero-order valence-electron chi connectivity index (χ0n) is 16.2. The minimum absolute atomic E-state index is 0.523. The number of nitrogens with one attached hydrogen (secondary N) is 2. The zero-order chi connectivity index (χ0) is 18.4. The van der Waals surface area contributed by atoms with Crippen molar-refractivity contribution in [2.45, 2.75) is 65.0 Å². The number of nitrogens with zero attached hydrogens (tertiary/aromatic N) is 3. The number of aliphatic imine (C=N–C) groups is 1. The molecule has 2 aromatic heterocycles. The van der Waals surface area contributed by atoms with Crippen molar-refractivity contribution in [2.75, 3.05) is 6.54 Å². The Morgan fingerprint density at radius 3 is 2.77 bits per heavy atom. The molecule has 3 rings (SSSR count). The summed E-state index contributed by atoms with van der Waals surface area (Å²) in [5.41, 5.74) is 3.45. The van der Waals surface area contributed by atoms with Gasteiger partial charge in [-0.15, -0.1) is 0 Å². The van der Waals surface area contributed by atoms with Gasteiger partial charge in [0.1, 0.15) is 5.76 Å². The van der Waals surface area contributed by atoms with Crippen molar-refractivity contribution in [1.29, 1.82) is 0 Å². The van der Waals surface area contributed by atoms with E-state index in [1.54, 1.807) is 6.26 Å². The van der Waals surface area contributed by atoms with Gasteiger partial charge in [0.2, 0.25) is 0 Å². The van der Waals surface area contributed by atoms with E-state index in [-0.39, 0.29) is 0 Å². The summed E-state index contributed by atoms with van der Waals surface area (Å²) in [5, 5.41) is 11.6. The monoisotopic (exact) mass is 357 g/mol. The molecule has 0 radical (unpaired) electrons. The molecule has 2 aromatic rings. The van der Waals surface area contributed by atoms with E-state index in [1.165, 1.54) is 43.4 Å². The first-order chi connectivity index (χ1) is 12.6. The van der Waals surface area contributed by atoms with E-state index >= 15 is 0 Å². The number of furan rings is 1. The summed E-state index contributed by atoms with van der Waals surface area (Å²) in [6.07, 6.45) is 8.98. The highest BCUT2D eigenvalue weighted by atomic mass is 16.3. The fraction of sp³-hybridized carbons (Fsp3) is 0.600. The molecule has 1 saturated carbocycles. The van der Waals surface area contributed by atoms with E-state index in [0.29, 0.717) is 12.6 Å². The molecule has 0 bridgehead atoms. The van der Waals surface area contributed by atoms with Crippen LogP contribution in [0.3, 0.4) is 0 Å². The number of hydrogen-bond acceptors (Lipinski definition) is 3. The van der Waals surface area contributed by atoms with Crippen LogP contribution in [0.4, 0.5) is 0 Å². The molecule has 2 N–H and O–H groups in total. The minimum Gasteiger partial charge on any atom is -0.469 e. The average molecular weight is 358 g/mol. The van der Waals surface area contributed by atoms with Crippen LogP contribution in [0.2, 0.25) is 0 Å². The Morgan fingerprint density at radius 1 is 1.31 bits per heavy atom. The summed E-state index contributed by atoms with van der Waals surface area (Å²) in [6, 6.07) is 4.46. The quantitative estimate of drug-likeness (QED) is 0.615. The van der Waals surface area contributed by atoms with Gasteiger partial charge in [-0.1, -0.05) is 19.3 Å². The van der Waals surface area contributed by atoms with Gasteiger partial charge < -0.3 is 15.1 Å². The Morgan fingerprint density at radius 2 is 2.12 bits per heavy atom. The van der Waals surface area contributed by atoms with Crippen molar-refractivity contribution in [1.82, 2.24) is 20.4 Å². The molecule has 1 aliphatic rings. The zero-order valence-corrected chi connectivity index (χ0v) is 16.2. The van der Waals surface area contributed by atoms with Gasteiger partial charge in [0.05, 0.1) is 18.5 Å². The maximum Gasteiger partial charge on any atom is 0.191 e. The van der Waals surface area contributed by atoms with Gasteiger partial charge in [0.25, 0.3) is 0 Å². The van der Waals surface area contributed by atoms with Gasteiger partial charge in [0, 0.05) is 37.3 Å². The van der Waals surface area contributed by atoms with Gasteiger partial charge in [-0.05, 0) is 38.8 Å². The fourth-order valence-corrected chi connectivity index (χ4v) is 3.56. The SMILES string of the molecule is Cc1nn(C)c(C)c1CN=C(NCCc1ccco1)NC1CCCCC1. The van der Waals surface area contributed by atoms with Crippen molar-refractivity contribution in [3.63, 3.8) is 0 Å². The van der Waals surface area contributed by atoms with Crippen molar-refractivity contribution in [2.24, 2.45) is 12.0 Å². The second-order valence-electron chi connectivity index (χ2n) is 7.17. The molecule has 0 saturated heterocycles. The van der Waals surface area contributed by atoms with Crippen LogP contribution in [0.5, 0.6) is 0 Å². The van der Waals surface area contributed by atoms with Crippen LogP contribution in [0.15, 0.2) is 27.8 Å². The maximum atomic E-state index is 5.42. The van der Waals surface area contributed by atoms with Crippen LogP contribution in [0.25, 0.3) is 0 Å². The minimum atomic E-state index is 0.523. The Bertz CT molecular complexity index is 711. The molecule has 0 aromatic carbocycles. The summed E-state index contributed by atoms with van der Waals surface area (Å²) >= 11 is 0. The first-order valence-electron chi connectivity index (χ1n) is 9.70. The van der Waals surface area contributed by atoms with Crippen LogP contribution >= 0.6 is 0 Å². The van der Waals surface area contributed by atoms with Gasteiger partial charge in [-0.3, -0.25) is 4.68 Å². The molecule has 1 fully saturated rings. The number of rotatable bonds is 6. The predicted octanol–water partition coefficient (Wildman–Crippen LogP) is 3.24. The van der Waals surface area contributed by atoms with Crippen molar-refractivity contribution in [3.8, 4) is 0 Å². The molecule has 142 valence electrons. The predicted molar refractivity (Wildman–Crippen MR) is 104 cm³/mol. The van der Waals surface area contributed by atoms with Crippen LogP contribution in [0, 0.1) is 13.8 Å². The van der Waals surface area contributed by atoms with Crippen LogP contribution < -0.4 is 10.6 Å². The summed E-state index contributed by atoms with van der Waals surface area (Å²) in [6.45, 7) is 5.60. The van der Waals surface area contributed by atoms with E-state index in [1.807, 2.05) is 23.9 Å². The first-order valence-corrected chi connectivity index (χ1v) is 9.70. The van der Waals surface area contributed by atoms with E-state index in [0.717, 1.165) is 30.4 Å². The van der Waals surface area contributed by atoms with E-state index in [9.17, 15) is 0 Å². The number of guanidine groups is 1.